The molecule has 2 aromatic heterocycles. The molecule has 1 saturated heterocycles. The highest BCUT2D eigenvalue weighted by Gasteiger charge is 2.29. The van der Waals surface area contributed by atoms with Gasteiger partial charge in [-0.05, 0) is 13.1 Å². The van der Waals surface area contributed by atoms with Crippen LogP contribution < -0.4 is 10.1 Å². The van der Waals surface area contributed by atoms with Crippen LogP contribution in [0.1, 0.15) is 11.9 Å². The molecule has 1 aliphatic heterocycles. The van der Waals surface area contributed by atoms with Gasteiger partial charge in [-0.25, -0.2) is 4.98 Å². The van der Waals surface area contributed by atoms with E-state index in [0.717, 1.165) is 19.6 Å². The molecule has 0 spiro atoms. The van der Waals surface area contributed by atoms with Crippen LogP contribution in [0.25, 0.3) is 11.5 Å². The van der Waals surface area contributed by atoms with E-state index in [1.807, 2.05) is 7.05 Å². The number of piperazine rings is 1. The molecular weight excluding hydrogens is 327 g/mol. The molecule has 3 rings (SSSR count). The summed E-state index contributed by atoms with van der Waals surface area (Å²) >= 11 is 0. The minimum absolute atomic E-state index is 0.0126. The lowest BCUT2D eigenvalue weighted by atomic mass is 10.2. The van der Waals surface area contributed by atoms with Crippen LogP contribution in [-0.2, 0) is 0 Å². The van der Waals surface area contributed by atoms with Crippen molar-refractivity contribution in [3.05, 3.63) is 24.2 Å². The molecule has 2 aromatic rings. The summed E-state index contributed by atoms with van der Waals surface area (Å²) in [6, 6.07) is 2.87. The Labute approximate surface area is 135 Å². The van der Waals surface area contributed by atoms with E-state index in [0.29, 0.717) is 11.4 Å². The summed E-state index contributed by atoms with van der Waals surface area (Å²) in [4.78, 5) is 10.3. The number of ether oxygens (including phenoxy) is 1. The summed E-state index contributed by atoms with van der Waals surface area (Å²) in [5, 5.41) is 7.24. The summed E-state index contributed by atoms with van der Waals surface area (Å²) in [6.07, 6.45) is -3.06. The highest BCUT2D eigenvalue weighted by Crippen LogP contribution is 2.24. The number of likely N-dealkylation sites (N-methyl/N-ethyl adjacent to an activating group) is 1. The zero-order valence-electron chi connectivity index (χ0n) is 12.9. The first-order valence-corrected chi connectivity index (χ1v) is 7.33. The Morgan fingerprint density at radius 2 is 2.25 bits per heavy atom. The van der Waals surface area contributed by atoms with Crippen LogP contribution in [0.4, 0.5) is 13.2 Å². The summed E-state index contributed by atoms with van der Waals surface area (Å²) in [5.41, 5.74) is 0.513. The maximum atomic E-state index is 12.1. The molecule has 0 aromatic carbocycles. The molecule has 1 N–H and O–H groups in total. The summed E-state index contributed by atoms with van der Waals surface area (Å²) in [5.74, 6) is 0.697. The summed E-state index contributed by atoms with van der Waals surface area (Å²) in [7, 11) is 1.98. The van der Waals surface area contributed by atoms with Gasteiger partial charge in [0.2, 0.25) is 5.88 Å². The largest absolute Gasteiger partial charge is 0.468 e. The predicted octanol–water partition coefficient (Wildman–Crippen LogP) is 1.65. The van der Waals surface area contributed by atoms with Crippen molar-refractivity contribution in [2.45, 2.75) is 12.2 Å². The Morgan fingerprint density at radius 1 is 1.42 bits per heavy atom. The lowest BCUT2D eigenvalue weighted by Crippen LogP contribution is -2.44. The highest BCUT2D eigenvalue weighted by molar-refractivity contribution is 5.51. The Kier molecular flexibility index (Phi) is 4.67. The third-order valence-corrected chi connectivity index (χ3v) is 3.62. The number of aromatic nitrogens is 3. The van der Waals surface area contributed by atoms with Gasteiger partial charge in [-0.3, -0.25) is 4.90 Å². The van der Waals surface area contributed by atoms with Crippen molar-refractivity contribution in [1.82, 2.24) is 25.3 Å². The van der Waals surface area contributed by atoms with Crippen molar-refractivity contribution in [1.29, 1.82) is 0 Å². The molecule has 130 valence electrons. The van der Waals surface area contributed by atoms with Crippen LogP contribution in [0.15, 0.2) is 22.9 Å². The third-order valence-electron chi connectivity index (χ3n) is 3.62. The predicted molar refractivity (Wildman–Crippen MR) is 77.3 cm³/mol. The van der Waals surface area contributed by atoms with Gasteiger partial charge in [0, 0.05) is 31.9 Å². The van der Waals surface area contributed by atoms with Gasteiger partial charge in [-0.2, -0.15) is 18.2 Å². The number of alkyl halides is 3. The highest BCUT2D eigenvalue weighted by atomic mass is 19.4. The summed E-state index contributed by atoms with van der Waals surface area (Å²) < 4.78 is 46.1. The smallest absolute Gasteiger partial charge is 0.422 e. The molecule has 0 saturated carbocycles. The zero-order chi connectivity index (χ0) is 17.2. The van der Waals surface area contributed by atoms with Gasteiger partial charge in [0.15, 0.2) is 12.4 Å². The van der Waals surface area contributed by atoms with Crippen LogP contribution in [0.3, 0.4) is 0 Å². The SMILES string of the molecule is CN1CCNCC1c1noc(-c2ccc(OCC(F)(F)F)nc2)n1. The van der Waals surface area contributed by atoms with E-state index >= 15 is 0 Å². The van der Waals surface area contributed by atoms with Crippen molar-refractivity contribution in [2.24, 2.45) is 0 Å². The van der Waals surface area contributed by atoms with E-state index in [2.05, 4.69) is 30.1 Å². The summed E-state index contributed by atoms with van der Waals surface area (Å²) in [6.45, 7) is 1.12. The number of nitrogens with one attached hydrogen (secondary N) is 1. The molecule has 0 radical (unpaired) electrons. The molecule has 0 aliphatic carbocycles. The van der Waals surface area contributed by atoms with Crippen molar-refractivity contribution in [3.8, 4) is 17.3 Å². The van der Waals surface area contributed by atoms with Gasteiger partial charge in [-0.1, -0.05) is 5.16 Å². The lowest BCUT2D eigenvalue weighted by molar-refractivity contribution is -0.154. The number of nitrogens with zero attached hydrogens (tertiary/aromatic N) is 4. The van der Waals surface area contributed by atoms with E-state index < -0.39 is 12.8 Å². The fourth-order valence-corrected chi connectivity index (χ4v) is 2.33. The van der Waals surface area contributed by atoms with E-state index in [4.69, 9.17) is 4.52 Å². The molecule has 24 heavy (non-hydrogen) atoms. The van der Waals surface area contributed by atoms with Crippen molar-refractivity contribution in [2.75, 3.05) is 33.3 Å². The van der Waals surface area contributed by atoms with E-state index in [1.54, 1.807) is 0 Å². The monoisotopic (exact) mass is 343 g/mol. The molecule has 10 heteroatoms. The maximum Gasteiger partial charge on any atom is 0.422 e. The first kappa shape index (κ1) is 16.7. The number of hydrogen-bond acceptors (Lipinski definition) is 7. The fraction of sp³-hybridized carbons (Fsp3) is 0.500. The number of rotatable bonds is 4. The number of hydrogen-bond donors (Lipinski definition) is 1. The molecule has 1 atom stereocenters. The van der Waals surface area contributed by atoms with Gasteiger partial charge in [0.05, 0.1) is 11.6 Å². The molecule has 1 fully saturated rings. The molecule has 0 bridgehead atoms. The van der Waals surface area contributed by atoms with Gasteiger partial charge >= 0.3 is 6.18 Å². The number of halogens is 3. The van der Waals surface area contributed by atoms with Gasteiger partial charge in [-0.15, -0.1) is 0 Å². The van der Waals surface area contributed by atoms with E-state index in [9.17, 15) is 13.2 Å². The number of pyridine rings is 1. The Hall–Kier alpha value is -2.20. The average Bonchev–Trinajstić information content (AvgIpc) is 3.03. The average molecular weight is 343 g/mol. The molecule has 1 aliphatic rings. The van der Waals surface area contributed by atoms with Crippen molar-refractivity contribution < 1.29 is 22.4 Å². The van der Waals surface area contributed by atoms with Crippen LogP contribution >= 0.6 is 0 Å². The van der Waals surface area contributed by atoms with Crippen LogP contribution in [0.5, 0.6) is 5.88 Å². The van der Waals surface area contributed by atoms with Crippen molar-refractivity contribution in [3.63, 3.8) is 0 Å². The first-order valence-electron chi connectivity index (χ1n) is 7.33. The van der Waals surface area contributed by atoms with Gasteiger partial charge in [0.1, 0.15) is 0 Å². The molecule has 3 heterocycles. The van der Waals surface area contributed by atoms with E-state index in [-0.39, 0.29) is 17.8 Å². The Bertz CT molecular complexity index is 674. The van der Waals surface area contributed by atoms with E-state index in [1.165, 1.54) is 18.3 Å². The first-order chi connectivity index (χ1) is 11.4. The molecule has 7 nitrogen and oxygen atoms in total. The minimum atomic E-state index is -4.40. The fourth-order valence-electron chi connectivity index (χ4n) is 2.33. The third kappa shape index (κ3) is 4.01. The second kappa shape index (κ2) is 6.73. The standard InChI is InChI=1S/C14H16F3N5O2/c1-22-5-4-18-7-10(22)12-20-13(24-21-12)9-2-3-11(19-6-9)23-8-14(15,16)17/h2-3,6,10,18H,4-5,7-8H2,1H3. The zero-order valence-corrected chi connectivity index (χ0v) is 12.9. The van der Waals surface area contributed by atoms with Gasteiger partial charge < -0.3 is 14.6 Å². The minimum Gasteiger partial charge on any atom is -0.468 e. The van der Waals surface area contributed by atoms with Crippen LogP contribution in [0.2, 0.25) is 0 Å². The van der Waals surface area contributed by atoms with Gasteiger partial charge in [0.25, 0.3) is 5.89 Å². The molecular formula is C14H16F3N5O2. The second-order valence-corrected chi connectivity index (χ2v) is 5.45. The Morgan fingerprint density at radius 3 is 2.92 bits per heavy atom. The normalized spacial score (nSPS) is 19.4. The van der Waals surface area contributed by atoms with Crippen molar-refractivity contribution >= 4 is 0 Å². The second-order valence-electron chi connectivity index (χ2n) is 5.45. The molecule has 1 unspecified atom stereocenters. The topological polar surface area (TPSA) is 76.3 Å². The van der Waals surface area contributed by atoms with Crippen LogP contribution in [-0.4, -0.2) is 59.5 Å². The lowest BCUT2D eigenvalue weighted by Gasteiger charge is -2.30. The Balaban J connectivity index is 1.68. The maximum absolute atomic E-state index is 12.1. The quantitative estimate of drug-likeness (QED) is 0.904. The van der Waals surface area contributed by atoms with Crippen LogP contribution in [0, 0.1) is 0 Å². The molecule has 0 amide bonds.